The molecule has 0 atom stereocenters. The highest BCUT2D eigenvalue weighted by Crippen LogP contribution is 2.11. The number of carbonyl (C=O) groups is 1. The lowest BCUT2D eigenvalue weighted by Crippen LogP contribution is -2.26. The van der Waals surface area contributed by atoms with Crippen LogP contribution in [-0.2, 0) is 14.8 Å². The van der Waals surface area contributed by atoms with Crippen LogP contribution < -0.4 is 4.72 Å². The highest BCUT2D eigenvalue weighted by molar-refractivity contribution is 7.89. The molecule has 0 aliphatic carbocycles. The van der Waals surface area contributed by atoms with Crippen LogP contribution in [0.1, 0.15) is 30.6 Å². The van der Waals surface area contributed by atoms with Gasteiger partial charge in [-0.15, -0.1) is 0 Å². The van der Waals surface area contributed by atoms with Crippen LogP contribution in [0, 0.1) is 0 Å². The fourth-order valence-corrected chi connectivity index (χ4v) is 2.60. The molecule has 112 valence electrons. The van der Waals surface area contributed by atoms with Gasteiger partial charge in [-0.25, -0.2) is 17.9 Å². The lowest BCUT2D eigenvalue weighted by atomic mass is 10.2. The minimum atomic E-state index is -3.69. The van der Waals surface area contributed by atoms with Gasteiger partial charge in [-0.3, -0.25) is 0 Å². The van der Waals surface area contributed by atoms with Crippen LogP contribution in [0.2, 0.25) is 0 Å². The molecule has 0 spiro atoms. The van der Waals surface area contributed by atoms with E-state index in [0.29, 0.717) is 13.0 Å². The molecule has 20 heavy (non-hydrogen) atoms. The molecule has 0 saturated carbocycles. The number of ether oxygens (including phenoxy) is 1. The van der Waals surface area contributed by atoms with E-state index in [4.69, 9.17) is 9.84 Å². The Hall–Kier alpha value is -1.44. The van der Waals surface area contributed by atoms with Gasteiger partial charge in [-0.1, -0.05) is 6.07 Å². The molecule has 0 bridgehead atoms. The molecule has 1 aromatic carbocycles. The number of sulfonamides is 1. The van der Waals surface area contributed by atoms with E-state index >= 15 is 0 Å². The number of carboxylic acid groups (broad SMARTS) is 1. The van der Waals surface area contributed by atoms with E-state index in [1.807, 2.05) is 13.8 Å². The Morgan fingerprint density at radius 1 is 1.40 bits per heavy atom. The zero-order valence-corrected chi connectivity index (χ0v) is 12.3. The first-order chi connectivity index (χ1) is 9.33. The van der Waals surface area contributed by atoms with Crippen LogP contribution in [0.4, 0.5) is 0 Å². The fourth-order valence-electron chi connectivity index (χ4n) is 1.48. The lowest BCUT2D eigenvalue weighted by molar-refractivity contribution is 0.0696. The van der Waals surface area contributed by atoms with Crippen molar-refractivity contribution in [2.45, 2.75) is 31.3 Å². The first kappa shape index (κ1) is 16.6. The minimum absolute atomic E-state index is 0.0535. The van der Waals surface area contributed by atoms with E-state index in [-0.39, 0.29) is 23.1 Å². The summed E-state index contributed by atoms with van der Waals surface area (Å²) in [6.07, 6.45) is 0.662. The summed E-state index contributed by atoms with van der Waals surface area (Å²) < 4.78 is 31.6. The summed E-state index contributed by atoms with van der Waals surface area (Å²) in [6.45, 7) is 4.52. The molecule has 0 amide bonds. The third-order valence-corrected chi connectivity index (χ3v) is 3.91. The minimum Gasteiger partial charge on any atom is -0.478 e. The molecule has 1 aromatic rings. The van der Waals surface area contributed by atoms with Crippen molar-refractivity contribution in [1.29, 1.82) is 0 Å². The van der Waals surface area contributed by atoms with Crippen molar-refractivity contribution in [2.75, 3.05) is 13.2 Å². The Kier molecular flexibility index (Phi) is 6.12. The van der Waals surface area contributed by atoms with Crippen molar-refractivity contribution in [3.8, 4) is 0 Å². The van der Waals surface area contributed by atoms with Crippen molar-refractivity contribution >= 4 is 16.0 Å². The highest BCUT2D eigenvalue weighted by atomic mass is 32.2. The zero-order valence-electron chi connectivity index (χ0n) is 11.5. The van der Waals surface area contributed by atoms with Gasteiger partial charge in [0, 0.05) is 13.2 Å². The van der Waals surface area contributed by atoms with E-state index in [2.05, 4.69) is 4.72 Å². The van der Waals surface area contributed by atoms with Crippen molar-refractivity contribution in [3.05, 3.63) is 29.8 Å². The van der Waals surface area contributed by atoms with Gasteiger partial charge in [0.15, 0.2) is 0 Å². The van der Waals surface area contributed by atoms with E-state index in [1.54, 1.807) is 0 Å². The van der Waals surface area contributed by atoms with Crippen molar-refractivity contribution in [1.82, 2.24) is 4.72 Å². The second kappa shape index (κ2) is 7.37. The van der Waals surface area contributed by atoms with Crippen LogP contribution in [0.25, 0.3) is 0 Å². The van der Waals surface area contributed by atoms with Gasteiger partial charge in [0.05, 0.1) is 16.6 Å². The summed E-state index contributed by atoms with van der Waals surface area (Å²) in [6, 6.07) is 5.24. The van der Waals surface area contributed by atoms with Gasteiger partial charge in [-0.2, -0.15) is 0 Å². The molecule has 2 N–H and O–H groups in total. The monoisotopic (exact) mass is 301 g/mol. The number of benzene rings is 1. The lowest BCUT2D eigenvalue weighted by Gasteiger charge is -2.09. The second-order valence-corrected chi connectivity index (χ2v) is 6.27. The molecule has 0 aromatic heterocycles. The molecule has 7 heteroatoms. The third-order valence-electron chi connectivity index (χ3n) is 2.46. The van der Waals surface area contributed by atoms with Crippen LogP contribution in [0.5, 0.6) is 0 Å². The van der Waals surface area contributed by atoms with E-state index in [1.165, 1.54) is 18.2 Å². The summed E-state index contributed by atoms with van der Waals surface area (Å²) in [4.78, 5) is 10.8. The summed E-state index contributed by atoms with van der Waals surface area (Å²) in [7, 11) is -3.69. The Balaban J connectivity index is 2.60. The van der Waals surface area contributed by atoms with Crippen molar-refractivity contribution < 1.29 is 23.1 Å². The molecule has 0 saturated heterocycles. The average Bonchev–Trinajstić information content (AvgIpc) is 2.38. The second-order valence-electron chi connectivity index (χ2n) is 4.50. The summed E-state index contributed by atoms with van der Waals surface area (Å²) >= 11 is 0. The van der Waals surface area contributed by atoms with Gasteiger partial charge < -0.3 is 9.84 Å². The Labute approximate surface area is 118 Å². The number of rotatable bonds is 8. The first-order valence-electron chi connectivity index (χ1n) is 6.27. The summed E-state index contributed by atoms with van der Waals surface area (Å²) in [5.41, 5.74) is -0.0592. The van der Waals surface area contributed by atoms with Crippen LogP contribution in [0.15, 0.2) is 29.2 Å². The standard InChI is InChI=1S/C13H19NO5S/c1-10(2)19-8-4-7-14-20(17,18)12-6-3-5-11(9-12)13(15)16/h3,5-6,9-10,14H,4,7-8H2,1-2H3,(H,15,16). The van der Waals surface area contributed by atoms with E-state index in [0.717, 1.165) is 6.07 Å². The fraction of sp³-hybridized carbons (Fsp3) is 0.462. The largest absolute Gasteiger partial charge is 0.478 e. The van der Waals surface area contributed by atoms with Crippen LogP contribution in [-0.4, -0.2) is 38.7 Å². The van der Waals surface area contributed by atoms with Crippen molar-refractivity contribution in [2.24, 2.45) is 0 Å². The van der Waals surface area contributed by atoms with Gasteiger partial charge >= 0.3 is 5.97 Å². The number of nitrogens with one attached hydrogen (secondary N) is 1. The Bertz CT molecular complexity index is 554. The molecular formula is C13H19NO5S. The Morgan fingerprint density at radius 3 is 2.70 bits per heavy atom. The molecule has 6 nitrogen and oxygen atoms in total. The highest BCUT2D eigenvalue weighted by Gasteiger charge is 2.15. The quantitative estimate of drug-likeness (QED) is 0.709. The molecule has 0 heterocycles. The molecule has 0 aliphatic heterocycles. The number of carboxylic acids is 1. The molecule has 0 fully saturated rings. The van der Waals surface area contributed by atoms with Crippen LogP contribution in [0.3, 0.4) is 0 Å². The van der Waals surface area contributed by atoms with E-state index < -0.39 is 16.0 Å². The maximum Gasteiger partial charge on any atom is 0.335 e. The van der Waals surface area contributed by atoms with Crippen molar-refractivity contribution in [3.63, 3.8) is 0 Å². The molecule has 0 unspecified atom stereocenters. The normalized spacial score (nSPS) is 11.8. The van der Waals surface area contributed by atoms with Gasteiger partial charge in [0.25, 0.3) is 0 Å². The SMILES string of the molecule is CC(C)OCCCNS(=O)(=O)c1cccc(C(=O)O)c1. The first-order valence-corrected chi connectivity index (χ1v) is 7.76. The summed E-state index contributed by atoms with van der Waals surface area (Å²) in [5.74, 6) is -1.16. The number of hydrogen-bond acceptors (Lipinski definition) is 4. The predicted octanol–water partition coefficient (Wildman–Crippen LogP) is 1.48. The maximum atomic E-state index is 12.0. The summed E-state index contributed by atoms with van der Waals surface area (Å²) in [5, 5.41) is 8.84. The van der Waals surface area contributed by atoms with Gasteiger partial charge in [-0.05, 0) is 38.5 Å². The number of aromatic carboxylic acids is 1. The Morgan fingerprint density at radius 2 is 2.10 bits per heavy atom. The molecular weight excluding hydrogens is 282 g/mol. The third kappa shape index (κ3) is 5.28. The predicted molar refractivity (Wildman–Crippen MR) is 74.3 cm³/mol. The molecule has 0 aliphatic rings. The number of hydrogen-bond donors (Lipinski definition) is 2. The zero-order chi connectivity index (χ0) is 15.2. The smallest absolute Gasteiger partial charge is 0.335 e. The maximum absolute atomic E-state index is 12.0. The van der Waals surface area contributed by atoms with Crippen LogP contribution >= 0.6 is 0 Å². The average molecular weight is 301 g/mol. The van der Waals surface area contributed by atoms with Gasteiger partial charge in [0.2, 0.25) is 10.0 Å². The molecule has 1 rings (SSSR count). The van der Waals surface area contributed by atoms with E-state index in [9.17, 15) is 13.2 Å². The molecule has 0 radical (unpaired) electrons. The topological polar surface area (TPSA) is 92.7 Å². The van der Waals surface area contributed by atoms with Gasteiger partial charge in [0.1, 0.15) is 0 Å².